The van der Waals surface area contributed by atoms with E-state index in [2.05, 4.69) is 5.32 Å². The second kappa shape index (κ2) is 14.5. The van der Waals surface area contributed by atoms with Crippen molar-refractivity contribution in [3.63, 3.8) is 0 Å². The molecule has 2 atom stereocenters. The number of nitrogens with zero attached hydrogens (tertiary/aromatic N) is 1. The maximum Gasteiger partial charge on any atom is 0.243 e. The van der Waals surface area contributed by atoms with Gasteiger partial charge in [0.25, 0.3) is 0 Å². The van der Waals surface area contributed by atoms with Gasteiger partial charge in [0, 0.05) is 34.8 Å². The summed E-state index contributed by atoms with van der Waals surface area (Å²) in [4.78, 5) is 29.1. The van der Waals surface area contributed by atoms with Crippen molar-refractivity contribution in [2.45, 2.75) is 58.0 Å². The van der Waals surface area contributed by atoms with Gasteiger partial charge < -0.3 is 10.2 Å². The molecule has 0 saturated carbocycles. The molecule has 0 saturated heterocycles. The Morgan fingerprint density at radius 2 is 1.59 bits per heavy atom. The molecule has 0 radical (unpaired) electrons. The monoisotopic (exact) mass is 556 g/mol. The highest BCUT2D eigenvalue weighted by Crippen LogP contribution is 2.28. The van der Waals surface area contributed by atoms with Crippen LogP contribution in [0.25, 0.3) is 0 Å². The van der Waals surface area contributed by atoms with Gasteiger partial charge in [0.05, 0.1) is 5.75 Å². The number of hydrogen-bond donors (Lipinski definition) is 1. The summed E-state index contributed by atoms with van der Waals surface area (Å²) < 4.78 is 0. The Morgan fingerprint density at radius 3 is 2.24 bits per heavy atom. The summed E-state index contributed by atoms with van der Waals surface area (Å²) in [7, 11) is 0. The molecule has 196 valence electrons. The van der Waals surface area contributed by atoms with Gasteiger partial charge in [0.1, 0.15) is 6.04 Å². The van der Waals surface area contributed by atoms with Crippen molar-refractivity contribution >= 4 is 46.8 Å². The van der Waals surface area contributed by atoms with Crippen LogP contribution in [0.1, 0.15) is 42.5 Å². The number of aryl methyl sites for hydroxylation is 1. The van der Waals surface area contributed by atoms with Crippen LogP contribution in [0.15, 0.2) is 72.8 Å². The molecule has 0 bridgehead atoms. The molecule has 2 amide bonds. The van der Waals surface area contributed by atoms with Crippen LogP contribution >= 0.6 is 35.0 Å². The van der Waals surface area contributed by atoms with E-state index in [4.69, 9.17) is 23.2 Å². The van der Waals surface area contributed by atoms with Gasteiger partial charge in [0.15, 0.2) is 0 Å². The lowest BCUT2D eigenvalue weighted by Gasteiger charge is -2.32. The van der Waals surface area contributed by atoms with E-state index in [1.54, 1.807) is 23.1 Å². The fraction of sp³-hybridized carbons (Fsp3) is 0.333. The first kappa shape index (κ1) is 29.1. The van der Waals surface area contributed by atoms with Gasteiger partial charge in [-0.15, -0.1) is 11.8 Å². The van der Waals surface area contributed by atoms with Crippen LogP contribution in [0.2, 0.25) is 10.0 Å². The maximum atomic E-state index is 13.8. The third-order valence-electron chi connectivity index (χ3n) is 6.41. The Bertz CT molecular complexity index is 1170. The maximum absolute atomic E-state index is 13.8. The van der Waals surface area contributed by atoms with E-state index in [0.29, 0.717) is 28.8 Å². The van der Waals surface area contributed by atoms with Crippen LogP contribution in [-0.2, 0) is 28.3 Å². The van der Waals surface area contributed by atoms with Crippen molar-refractivity contribution in [1.82, 2.24) is 10.2 Å². The summed E-state index contributed by atoms with van der Waals surface area (Å²) in [6, 6.07) is 22.6. The Labute approximate surface area is 234 Å². The zero-order chi connectivity index (χ0) is 26.8. The second-order valence-electron chi connectivity index (χ2n) is 9.16. The number of benzene rings is 3. The lowest BCUT2D eigenvalue weighted by Crippen LogP contribution is -2.52. The highest BCUT2D eigenvalue weighted by atomic mass is 35.5. The third kappa shape index (κ3) is 8.53. The summed E-state index contributed by atoms with van der Waals surface area (Å²) in [5, 5.41) is 4.27. The van der Waals surface area contributed by atoms with Crippen LogP contribution in [0.3, 0.4) is 0 Å². The highest BCUT2D eigenvalue weighted by molar-refractivity contribution is 7.99. The molecule has 0 heterocycles. The van der Waals surface area contributed by atoms with Crippen LogP contribution < -0.4 is 5.32 Å². The van der Waals surface area contributed by atoms with Gasteiger partial charge in [-0.1, -0.05) is 90.8 Å². The fourth-order valence-corrected chi connectivity index (χ4v) is 5.61. The summed E-state index contributed by atoms with van der Waals surface area (Å²) >= 11 is 14.1. The average molecular weight is 558 g/mol. The van der Waals surface area contributed by atoms with Crippen molar-refractivity contribution < 1.29 is 9.59 Å². The number of nitrogens with one attached hydrogen (secondary N) is 1. The minimum atomic E-state index is -0.645. The van der Waals surface area contributed by atoms with E-state index in [9.17, 15) is 9.59 Å². The summed E-state index contributed by atoms with van der Waals surface area (Å²) in [6.45, 7) is 6.39. The first-order chi connectivity index (χ1) is 17.8. The van der Waals surface area contributed by atoms with Gasteiger partial charge in [0.2, 0.25) is 11.8 Å². The van der Waals surface area contributed by atoms with Crippen LogP contribution in [0.4, 0.5) is 0 Å². The molecule has 4 nitrogen and oxygen atoms in total. The number of rotatable bonds is 12. The normalized spacial score (nSPS) is 12.6. The Hall–Kier alpha value is -2.47. The predicted octanol–water partition coefficient (Wildman–Crippen LogP) is 7.09. The van der Waals surface area contributed by atoms with Gasteiger partial charge in [-0.2, -0.15) is 0 Å². The van der Waals surface area contributed by atoms with Gasteiger partial charge >= 0.3 is 0 Å². The van der Waals surface area contributed by atoms with E-state index >= 15 is 0 Å². The van der Waals surface area contributed by atoms with E-state index in [0.717, 1.165) is 28.7 Å². The summed E-state index contributed by atoms with van der Waals surface area (Å²) in [5.74, 6) is 0.469. The van der Waals surface area contributed by atoms with Crippen molar-refractivity contribution in [3.05, 3.63) is 105 Å². The molecular weight excluding hydrogens is 523 g/mol. The fourth-order valence-electron chi connectivity index (χ4n) is 3.96. The Balaban J connectivity index is 1.89. The predicted molar refractivity (Wildman–Crippen MR) is 156 cm³/mol. The minimum Gasteiger partial charge on any atom is -0.352 e. The first-order valence-corrected chi connectivity index (χ1v) is 14.4. The molecule has 0 aliphatic rings. The van der Waals surface area contributed by atoms with Crippen LogP contribution in [-0.4, -0.2) is 34.6 Å². The lowest BCUT2D eigenvalue weighted by atomic mass is 10.0. The van der Waals surface area contributed by atoms with Gasteiger partial charge in [-0.05, 0) is 54.7 Å². The molecule has 0 aromatic heterocycles. The molecule has 0 aliphatic heterocycles. The van der Waals surface area contributed by atoms with Crippen molar-refractivity contribution in [3.8, 4) is 0 Å². The molecule has 3 aromatic rings. The Kier molecular flexibility index (Phi) is 11.4. The zero-order valence-corrected chi connectivity index (χ0v) is 23.9. The minimum absolute atomic E-state index is 0.0120. The number of amides is 2. The number of carbonyl (C=O) groups excluding carboxylic acids is 2. The first-order valence-electron chi connectivity index (χ1n) is 12.5. The van der Waals surface area contributed by atoms with Gasteiger partial charge in [-0.3, -0.25) is 9.59 Å². The molecule has 1 N–H and O–H groups in total. The van der Waals surface area contributed by atoms with Crippen molar-refractivity contribution in [1.29, 1.82) is 0 Å². The van der Waals surface area contributed by atoms with Gasteiger partial charge in [-0.25, -0.2) is 0 Å². The SMILES string of the molecule is CC[C@H](C)NC(=O)[C@@H](Cc1ccccc1)N(Cc1ccccc1C)C(=O)CSCc1c(Cl)cccc1Cl. The van der Waals surface area contributed by atoms with E-state index in [-0.39, 0.29) is 23.6 Å². The third-order valence-corrected chi connectivity index (χ3v) is 8.06. The molecule has 0 aliphatic carbocycles. The molecule has 0 fully saturated rings. The number of thioether (sulfide) groups is 1. The van der Waals surface area contributed by atoms with Crippen molar-refractivity contribution in [2.75, 3.05) is 5.75 Å². The highest BCUT2D eigenvalue weighted by Gasteiger charge is 2.31. The average Bonchev–Trinajstić information content (AvgIpc) is 2.89. The molecule has 0 spiro atoms. The van der Waals surface area contributed by atoms with Crippen LogP contribution in [0.5, 0.6) is 0 Å². The molecule has 7 heteroatoms. The van der Waals surface area contributed by atoms with E-state index in [1.165, 1.54) is 11.8 Å². The standard InChI is InChI=1S/C30H34Cl2N2O2S/c1-4-22(3)33-30(36)28(17-23-12-6-5-7-13-23)34(18-24-14-9-8-11-21(24)2)29(35)20-37-19-25-26(31)15-10-16-27(25)32/h5-16,22,28H,4,17-20H2,1-3H3,(H,33,36)/t22-,28+/m0/s1. The zero-order valence-electron chi connectivity index (χ0n) is 21.5. The molecular formula is C30H34Cl2N2O2S. The smallest absolute Gasteiger partial charge is 0.243 e. The summed E-state index contributed by atoms with van der Waals surface area (Å²) in [6.07, 6.45) is 1.24. The van der Waals surface area contributed by atoms with Crippen molar-refractivity contribution in [2.24, 2.45) is 0 Å². The molecule has 3 rings (SSSR count). The number of carbonyl (C=O) groups is 2. The molecule has 37 heavy (non-hydrogen) atoms. The lowest BCUT2D eigenvalue weighted by molar-refractivity contribution is -0.139. The van der Waals surface area contributed by atoms with E-state index in [1.807, 2.05) is 75.4 Å². The summed E-state index contributed by atoms with van der Waals surface area (Å²) in [5.41, 5.74) is 3.91. The topological polar surface area (TPSA) is 49.4 Å². The number of halogens is 2. The molecule has 3 aromatic carbocycles. The quantitative estimate of drug-likeness (QED) is 0.259. The largest absolute Gasteiger partial charge is 0.352 e. The molecule has 0 unspecified atom stereocenters. The van der Waals surface area contributed by atoms with E-state index < -0.39 is 6.04 Å². The second-order valence-corrected chi connectivity index (χ2v) is 11.0. The number of hydrogen-bond acceptors (Lipinski definition) is 3. The van der Waals surface area contributed by atoms with Crippen LogP contribution in [0, 0.1) is 6.92 Å². The Morgan fingerprint density at radius 1 is 0.946 bits per heavy atom.